The second kappa shape index (κ2) is 12.6. The largest absolute Gasteiger partial charge is 0.484 e. The molecule has 2 aliphatic heterocycles. The number of para-hydroxylation sites is 1. The van der Waals surface area contributed by atoms with Gasteiger partial charge in [0.05, 0.1) is 5.01 Å². The molecule has 0 atom stereocenters. The van der Waals surface area contributed by atoms with Crippen molar-refractivity contribution in [3.05, 3.63) is 70.8 Å². The maximum absolute atomic E-state index is 13.1. The number of hydrogen-bond acceptors (Lipinski definition) is 8. The molecule has 0 bridgehead atoms. The number of thiazole rings is 1. The molecule has 0 unspecified atom stereocenters. The zero-order valence-corrected chi connectivity index (χ0v) is 22.3. The van der Waals surface area contributed by atoms with Crippen LogP contribution in [0, 0.1) is 0 Å². The van der Waals surface area contributed by atoms with Crippen molar-refractivity contribution in [1.82, 2.24) is 30.6 Å². The molecule has 2 aromatic heterocycles. The zero-order chi connectivity index (χ0) is 27.0. The van der Waals surface area contributed by atoms with E-state index in [2.05, 4.69) is 25.7 Å². The monoisotopic (exact) mass is 549 g/mol. The van der Waals surface area contributed by atoms with Gasteiger partial charge in [-0.1, -0.05) is 24.3 Å². The summed E-state index contributed by atoms with van der Waals surface area (Å²) in [4.78, 5) is 52.5. The summed E-state index contributed by atoms with van der Waals surface area (Å²) < 4.78 is 5.36. The highest BCUT2D eigenvalue weighted by Crippen LogP contribution is 2.31. The summed E-state index contributed by atoms with van der Waals surface area (Å²) in [5.41, 5.74) is 4.98. The molecular formula is C27H31N7O4S. The number of nitrogens with one attached hydrogen (secondary N) is 2. The van der Waals surface area contributed by atoms with Gasteiger partial charge in [-0.2, -0.15) is 0 Å². The van der Waals surface area contributed by atoms with E-state index in [1.54, 1.807) is 23.7 Å². The predicted octanol–water partition coefficient (Wildman–Crippen LogP) is 2.50. The van der Waals surface area contributed by atoms with Crippen LogP contribution in [0.25, 0.3) is 0 Å². The van der Waals surface area contributed by atoms with E-state index in [-0.39, 0.29) is 24.2 Å². The molecule has 3 aromatic rings. The Kier molecular flexibility index (Phi) is 8.51. The molecule has 2 N–H and O–H groups in total. The van der Waals surface area contributed by atoms with Gasteiger partial charge in [0.2, 0.25) is 0 Å². The Morgan fingerprint density at radius 1 is 0.897 bits per heavy atom. The van der Waals surface area contributed by atoms with Crippen molar-refractivity contribution in [2.45, 2.75) is 18.8 Å². The van der Waals surface area contributed by atoms with Gasteiger partial charge in [0.25, 0.3) is 11.8 Å². The second-order valence-electron chi connectivity index (χ2n) is 9.38. The Balaban J connectivity index is 1.03. The van der Waals surface area contributed by atoms with E-state index in [1.807, 2.05) is 46.2 Å². The summed E-state index contributed by atoms with van der Waals surface area (Å²) in [5.74, 6) is 0.747. The lowest BCUT2D eigenvalue weighted by Crippen LogP contribution is -2.54. The first-order chi connectivity index (χ1) is 19.1. The minimum Gasteiger partial charge on any atom is -0.484 e. The minimum absolute atomic E-state index is 0.0836. The van der Waals surface area contributed by atoms with Crippen molar-refractivity contribution in [1.29, 1.82) is 0 Å². The van der Waals surface area contributed by atoms with Crippen LogP contribution in [0.3, 0.4) is 0 Å². The van der Waals surface area contributed by atoms with Crippen LogP contribution in [0.2, 0.25) is 0 Å². The number of likely N-dealkylation sites (tertiary alicyclic amines) is 1. The summed E-state index contributed by atoms with van der Waals surface area (Å²) in [6.07, 6.45) is 3.37. The zero-order valence-electron chi connectivity index (χ0n) is 21.5. The number of pyridine rings is 1. The Bertz CT molecular complexity index is 1260. The lowest BCUT2D eigenvalue weighted by molar-refractivity contribution is -0.123. The van der Waals surface area contributed by atoms with E-state index < -0.39 is 11.8 Å². The molecule has 0 spiro atoms. The highest BCUT2D eigenvalue weighted by Gasteiger charge is 2.30. The Labute approximate surface area is 230 Å². The third-order valence-electron chi connectivity index (χ3n) is 6.82. The van der Waals surface area contributed by atoms with Gasteiger partial charge < -0.3 is 19.4 Å². The van der Waals surface area contributed by atoms with Gasteiger partial charge in [-0.05, 0) is 37.1 Å². The Morgan fingerprint density at radius 3 is 2.33 bits per heavy atom. The fourth-order valence-electron chi connectivity index (χ4n) is 4.66. The van der Waals surface area contributed by atoms with E-state index in [4.69, 9.17) is 4.74 Å². The highest BCUT2D eigenvalue weighted by atomic mass is 32.1. The maximum atomic E-state index is 13.1. The number of urea groups is 1. The number of ether oxygens (including phenoxy) is 1. The molecule has 0 radical (unpaired) electrons. The molecule has 2 saturated heterocycles. The molecule has 0 saturated carbocycles. The van der Waals surface area contributed by atoms with E-state index in [0.717, 1.165) is 36.8 Å². The van der Waals surface area contributed by atoms with Crippen molar-refractivity contribution in [2.24, 2.45) is 0 Å². The molecule has 4 amide bonds. The smallest absolute Gasteiger partial charge is 0.320 e. The van der Waals surface area contributed by atoms with Gasteiger partial charge in [0, 0.05) is 56.8 Å². The number of carbonyl (C=O) groups excluding carboxylic acids is 3. The van der Waals surface area contributed by atoms with Crippen LogP contribution in [-0.2, 0) is 4.79 Å². The van der Waals surface area contributed by atoms with Gasteiger partial charge in [-0.25, -0.2) is 14.8 Å². The molecule has 39 heavy (non-hydrogen) atoms. The van der Waals surface area contributed by atoms with Crippen LogP contribution >= 0.6 is 11.3 Å². The predicted molar refractivity (Wildman–Crippen MR) is 147 cm³/mol. The molecule has 11 nitrogen and oxygen atoms in total. The number of piperazine rings is 1. The number of benzene rings is 1. The summed E-state index contributed by atoms with van der Waals surface area (Å²) in [6.45, 7) is 3.98. The van der Waals surface area contributed by atoms with Crippen LogP contribution in [-0.4, -0.2) is 83.5 Å². The number of anilines is 1. The molecule has 12 heteroatoms. The highest BCUT2D eigenvalue weighted by molar-refractivity contribution is 7.09. The number of hydrogen-bond donors (Lipinski definition) is 2. The topological polar surface area (TPSA) is 120 Å². The number of piperidine rings is 1. The number of carbonyl (C=O) groups is 3. The first-order valence-corrected chi connectivity index (χ1v) is 13.9. The van der Waals surface area contributed by atoms with Gasteiger partial charge in [-0.15, -0.1) is 11.3 Å². The van der Waals surface area contributed by atoms with Gasteiger partial charge in [0.15, 0.2) is 6.61 Å². The lowest BCUT2D eigenvalue weighted by Gasteiger charge is -2.39. The van der Waals surface area contributed by atoms with E-state index in [9.17, 15) is 14.4 Å². The molecule has 204 valence electrons. The third-order valence-corrected chi connectivity index (χ3v) is 7.83. The lowest BCUT2D eigenvalue weighted by atomic mass is 9.98. The van der Waals surface area contributed by atoms with Crippen LogP contribution in [0.5, 0.6) is 5.75 Å². The minimum atomic E-state index is -0.483. The van der Waals surface area contributed by atoms with Crippen molar-refractivity contribution in [2.75, 3.05) is 50.8 Å². The number of hydrazine groups is 1. The van der Waals surface area contributed by atoms with Crippen molar-refractivity contribution < 1.29 is 19.1 Å². The standard InChI is InChI=1S/C27H31N7O4S/c35-24(18-38-21-6-2-1-3-7-21)30-31-25(36)22-19-39-26(29-22)20-9-12-33(13-10-20)27(37)34-16-14-32(15-17-34)23-8-4-5-11-28-23/h1-8,11,19-20H,9-10,12-18H2,(H,30,35)(H,31,36). The quantitative estimate of drug-likeness (QED) is 0.454. The molecule has 1 aromatic carbocycles. The number of amides is 4. The molecule has 2 aliphatic rings. The normalized spacial score (nSPS) is 16.1. The number of nitrogens with zero attached hydrogens (tertiary/aromatic N) is 5. The first kappa shape index (κ1) is 26.4. The average molecular weight is 550 g/mol. The van der Waals surface area contributed by atoms with Crippen LogP contribution in [0.1, 0.15) is 34.3 Å². The second-order valence-corrected chi connectivity index (χ2v) is 10.3. The van der Waals surface area contributed by atoms with Gasteiger partial charge >= 0.3 is 6.03 Å². The molecule has 4 heterocycles. The van der Waals surface area contributed by atoms with Crippen LogP contribution < -0.4 is 20.5 Å². The van der Waals surface area contributed by atoms with Crippen LogP contribution in [0.4, 0.5) is 10.6 Å². The fraction of sp³-hybridized carbons (Fsp3) is 0.370. The van der Waals surface area contributed by atoms with E-state index >= 15 is 0 Å². The molecule has 5 rings (SSSR count). The molecule has 2 fully saturated rings. The Hall–Kier alpha value is -4.19. The first-order valence-electron chi connectivity index (χ1n) is 13.0. The van der Waals surface area contributed by atoms with Crippen molar-refractivity contribution in [3.8, 4) is 5.75 Å². The van der Waals surface area contributed by atoms with Crippen molar-refractivity contribution >= 4 is 35.0 Å². The van der Waals surface area contributed by atoms with Crippen LogP contribution in [0.15, 0.2) is 60.1 Å². The SMILES string of the molecule is O=C(COc1ccccc1)NNC(=O)c1csc(C2CCN(C(=O)N3CCN(c4ccccn4)CC3)CC2)n1. The summed E-state index contributed by atoms with van der Waals surface area (Å²) in [7, 11) is 0. The van der Waals surface area contributed by atoms with Gasteiger partial charge in [0.1, 0.15) is 17.3 Å². The maximum Gasteiger partial charge on any atom is 0.320 e. The molecule has 0 aliphatic carbocycles. The number of rotatable bonds is 6. The van der Waals surface area contributed by atoms with Crippen molar-refractivity contribution in [3.63, 3.8) is 0 Å². The third kappa shape index (κ3) is 6.82. The van der Waals surface area contributed by atoms with Gasteiger partial charge in [-0.3, -0.25) is 20.4 Å². The summed E-state index contributed by atoms with van der Waals surface area (Å²) >= 11 is 1.43. The average Bonchev–Trinajstić information content (AvgIpc) is 3.50. The molecular weight excluding hydrogens is 518 g/mol. The van der Waals surface area contributed by atoms with E-state index in [1.165, 1.54) is 11.3 Å². The fourth-order valence-corrected chi connectivity index (χ4v) is 5.63. The Morgan fingerprint density at radius 2 is 1.62 bits per heavy atom. The number of aromatic nitrogens is 2. The van der Waals surface area contributed by atoms with E-state index in [0.29, 0.717) is 31.9 Å². The summed E-state index contributed by atoms with van der Waals surface area (Å²) in [5, 5.41) is 2.56. The summed E-state index contributed by atoms with van der Waals surface area (Å²) in [6, 6.07) is 14.9.